The van der Waals surface area contributed by atoms with Crippen molar-refractivity contribution in [3.05, 3.63) is 16.7 Å². The van der Waals surface area contributed by atoms with Gasteiger partial charge < -0.3 is 10.5 Å². The van der Waals surface area contributed by atoms with Gasteiger partial charge in [0.2, 0.25) is 0 Å². The molecule has 0 spiro atoms. The molecule has 1 fully saturated rings. The number of aromatic nitrogens is 1. The molecular weight excluding hydrogens is 232 g/mol. The Hall–Kier alpha value is -0.770. The van der Waals surface area contributed by atoms with Crippen LogP contribution in [0.2, 0.25) is 0 Å². The van der Waals surface area contributed by atoms with Gasteiger partial charge in [-0.1, -0.05) is 0 Å². The second-order valence-electron chi connectivity index (χ2n) is 3.18. The zero-order chi connectivity index (χ0) is 9.26. The average Bonchev–Trinajstić information content (AvgIpc) is 2.00. The van der Waals surface area contributed by atoms with Crippen LogP contribution in [0, 0.1) is 0 Å². The number of nitrogens with zero attached hydrogens (tertiary/aromatic N) is 1. The van der Waals surface area contributed by atoms with E-state index in [1.54, 1.807) is 6.20 Å². The molecule has 2 N–H and O–H groups in total. The van der Waals surface area contributed by atoms with Gasteiger partial charge >= 0.3 is 0 Å². The molecular formula is C9H11BrN2O. The van der Waals surface area contributed by atoms with Crippen LogP contribution in [0.5, 0.6) is 5.75 Å². The second kappa shape index (κ2) is 3.54. The van der Waals surface area contributed by atoms with Crippen molar-refractivity contribution in [2.24, 2.45) is 0 Å². The number of halogens is 1. The summed E-state index contributed by atoms with van der Waals surface area (Å²) < 4.78 is 6.56. The number of hydrogen-bond donors (Lipinski definition) is 1. The lowest BCUT2D eigenvalue weighted by molar-refractivity contribution is 0.120. The number of anilines is 1. The molecule has 0 aliphatic heterocycles. The van der Waals surface area contributed by atoms with Gasteiger partial charge in [-0.25, -0.2) is 4.98 Å². The number of nitrogen functional groups attached to an aromatic ring is 1. The fourth-order valence-corrected chi connectivity index (χ4v) is 1.63. The van der Waals surface area contributed by atoms with E-state index >= 15 is 0 Å². The Kier molecular flexibility index (Phi) is 2.40. The van der Waals surface area contributed by atoms with E-state index in [0.29, 0.717) is 17.7 Å². The maximum absolute atomic E-state index is 5.68. The van der Waals surface area contributed by atoms with Crippen LogP contribution in [0.1, 0.15) is 19.3 Å². The first-order valence-corrected chi connectivity index (χ1v) is 5.13. The number of pyridine rings is 1. The molecule has 70 valence electrons. The Bertz CT molecular complexity index is 292. The smallest absolute Gasteiger partial charge is 0.175 e. The minimum Gasteiger partial charge on any atom is -0.485 e. The summed E-state index contributed by atoms with van der Waals surface area (Å²) in [7, 11) is 0. The van der Waals surface area contributed by atoms with Gasteiger partial charge in [0.25, 0.3) is 0 Å². The minimum atomic E-state index is 0.336. The predicted octanol–water partition coefficient (Wildman–Crippen LogP) is 2.36. The molecule has 1 saturated carbocycles. The van der Waals surface area contributed by atoms with Crippen LogP contribution in [0.4, 0.5) is 5.82 Å². The number of hydrogen-bond acceptors (Lipinski definition) is 3. The van der Waals surface area contributed by atoms with E-state index in [4.69, 9.17) is 10.5 Å². The molecule has 13 heavy (non-hydrogen) atoms. The molecule has 0 saturated heterocycles. The van der Waals surface area contributed by atoms with Crippen molar-refractivity contribution in [3.8, 4) is 5.75 Å². The van der Waals surface area contributed by atoms with Crippen molar-refractivity contribution in [1.29, 1.82) is 0 Å². The van der Waals surface area contributed by atoms with Crippen LogP contribution < -0.4 is 10.5 Å². The first kappa shape index (κ1) is 8.81. The summed E-state index contributed by atoms with van der Waals surface area (Å²) in [4.78, 5) is 3.97. The molecule has 0 radical (unpaired) electrons. The molecule has 0 unspecified atom stereocenters. The molecule has 0 aromatic carbocycles. The van der Waals surface area contributed by atoms with Crippen LogP contribution in [-0.4, -0.2) is 11.1 Å². The summed E-state index contributed by atoms with van der Waals surface area (Å²) in [5.74, 6) is 1.15. The Labute approximate surface area is 85.4 Å². The standard InChI is InChI=1S/C9H11BrN2O/c10-7-4-5-12-9(11)8(7)13-6-2-1-3-6/h4-6H,1-3H2,(H2,11,12). The van der Waals surface area contributed by atoms with Crippen LogP contribution in [0.3, 0.4) is 0 Å². The fraction of sp³-hybridized carbons (Fsp3) is 0.444. The van der Waals surface area contributed by atoms with Crippen molar-refractivity contribution in [1.82, 2.24) is 4.98 Å². The molecule has 0 amide bonds. The van der Waals surface area contributed by atoms with Crippen molar-refractivity contribution < 1.29 is 4.74 Å². The third-order valence-electron chi connectivity index (χ3n) is 2.22. The number of ether oxygens (including phenoxy) is 1. The SMILES string of the molecule is Nc1nccc(Br)c1OC1CCC1. The lowest BCUT2D eigenvalue weighted by Gasteiger charge is -2.27. The highest BCUT2D eigenvalue weighted by Crippen LogP contribution is 2.33. The van der Waals surface area contributed by atoms with Gasteiger partial charge in [0.15, 0.2) is 11.6 Å². The molecule has 3 nitrogen and oxygen atoms in total. The topological polar surface area (TPSA) is 48.1 Å². The fourth-order valence-electron chi connectivity index (χ4n) is 1.21. The first-order chi connectivity index (χ1) is 6.27. The van der Waals surface area contributed by atoms with Gasteiger partial charge in [-0.3, -0.25) is 0 Å². The number of rotatable bonds is 2. The third kappa shape index (κ3) is 1.77. The van der Waals surface area contributed by atoms with E-state index in [2.05, 4.69) is 20.9 Å². The van der Waals surface area contributed by atoms with Crippen LogP contribution in [-0.2, 0) is 0 Å². The number of nitrogens with two attached hydrogens (primary N) is 1. The Morgan fingerprint density at radius 1 is 1.54 bits per heavy atom. The summed E-state index contributed by atoms with van der Waals surface area (Å²) in [6.45, 7) is 0. The molecule has 1 aromatic rings. The summed E-state index contributed by atoms with van der Waals surface area (Å²) in [6.07, 6.45) is 5.50. The highest BCUT2D eigenvalue weighted by molar-refractivity contribution is 9.10. The highest BCUT2D eigenvalue weighted by atomic mass is 79.9. The molecule has 0 atom stereocenters. The Morgan fingerprint density at radius 3 is 2.85 bits per heavy atom. The van der Waals surface area contributed by atoms with E-state index in [0.717, 1.165) is 17.3 Å². The summed E-state index contributed by atoms with van der Waals surface area (Å²) >= 11 is 3.38. The van der Waals surface area contributed by atoms with Crippen molar-refractivity contribution in [2.45, 2.75) is 25.4 Å². The summed E-state index contributed by atoms with van der Waals surface area (Å²) in [5.41, 5.74) is 5.68. The van der Waals surface area contributed by atoms with Crippen LogP contribution in [0.15, 0.2) is 16.7 Å². The molecule has 1 heterocycles. The molecule has 0 bridgehead atoms. The van der Waals surface area contributed by atoms with Gasteiger partial charge in [-0.2, -0.15) is 0 Å². The first-order valence-electron chi connectivity index (χ1n) is 4.34. The lowest BCUT2D eigenvalue weighted by Crippen LogP contribution is -2.25. The van der Waals surface area contributed by atoms with Gasteiger partial charge in [-0.15, -0.1) is 0 Å². The molecule has 1 aromatic heterocycles. The van der Waals surface area contributed by atoms with Gasteiger partial charge in [0, 0.05) is 6.20 Å². The highest BCUT2D eigenvalue weighted by Gasteiger charge is 2.21. The lowest BCUT2D eigenvalue weighted by atomic mass is 9.96. The molecule has 2 rings (SSSR count). The largest absolute Gasteiger partial charge is 0.485 e. The van der Waals surface area contributed by atoms with E-state index in [-0.39, 0.29) is 0 Å². The van der Waals surface area contributed by atoms with Gasteiger partial charge in [-0.05, 0) is 41.3 Å². The molecule has 4 heteroatoms. The normalized spacial score (nSPS) is 16.7. The maximum Gasteiger partial charge on any atom is 0.175 e. The quantitative estimate of drug-likeness (QED) is 0.867. The predicted molar refractivity (Wildman–Crippen MR) is 54.6 cm³/mol. The third-order valence-corrected chi connectivity index (χ3v) is 2.85. The van der Waals surface area contributed by atoms with E-state index in [1.807, 2.05) is 6.07 Å². The Balaban J connectivity index is 2.17. The maximum atomic E-state index is 5.68. The van der Waals surface area contributed by atoms with Crippen molar-refractivity contribution >= 4 is 21.7 Å². The molecule has 1 aliphatic carbocycles. The van der Waals surface area contributed by atoms with Gasteiger partial charge in [0.05, 0.1) is 10.6 Å². The monoisotopic (exact) mass is 242 g/mol. The second-order valence-corrected chi connectivity index (χ2v) is 4.03. The van der Waals surface area contributed by atoms with E-state index in [1.165, 1.54) is 6.42 Å². The van der Waals surface area contributed by atoms with Crippen molar-refractivity contribution in [2.75, 3.05) is 5.73 Å². The molecule has 1 aliphatic rings. The van der Waals surface area contributed by atoms with E-state index < -0.39 is 0 Å². The van der Waals surface area contributed by atoms with Gasteiger partial charge in [0.1, 0.15) is 0 Å². The minimum absolute atomic E-state index is 0.336. The summed E-state index contributed by atoms with van der Waals surface area (Å²) in [5, 5.41) is 0. The zero-order valence-electron chi connectivity index (χ0n) is 7.16. The van der Waals surface area contributed by atoms with Crippen LogP contribution in [0.25, 0.3) is 0 Å². The zero-order valence-corrected chi connectivity index (χ0v) is 8.75. The average molecular weight is 243 g/mol. The van der Waals surface area contributed by atoms with Crippen molar-refractivity contribution in [3.63, 3.8) is 0 Å². The Morgan fingerprint density at radius 2 is 2.31 bits per heavy atom. The van der Waals surface area contributed by atoms with E-state index in [9.17, 15) is 0 Å². The summed E-state index contributed by atoms with van der Waals surface area (Å²) in [6, 6.07) is 1.84. The van der Waals surface area contributed by atoms with Crippen LogP contribution >= 0.6 is 15.9 Å².